The highest BCUT2D eigenvalue weighted by atomic mass is 79.9. The molecule has 0 aromatic heterocycles. The summed E-state index contributed by atoms with van der Waals surface area (Å²) in [4.78, 5) is 48.4. The van der Waals surface area contributed by atoms with E-state index in [1.54, 1.807) is 41.0 Å². The molecule has 0 aliphatic carbocycles. The normalized spacial score (nSPS) is 27.2. The van der Waals surface area contributed by atoms with Crippen LogP contribution in [0, 0.1) is 25.7 Å². The molecule has 2 aromatic carbocycles. The number of benzene rings is 2. The molecule has 3 saturated heterocycles. The Balaban J connectivity index is 1.59. The first-order valence-corrected chi connectivity index (χ1v) is 16.4. The lowest BCUT2D eigenvalue weighted by Gasteiger charge is -2.39. The first-order chi connectivity index (χ1) is 21.6. The van der Waals surface area contributed by atoms with E-state index in [4.69, 9.17) is 9.47 Å². The van der Waals surface area contributed by atoms with E-state index in [2.05, 4.69) is 29.1 Å². The van der Waals surface area contributed by atoms with E-state index in [1.807, 2.05) is 51.1 Å². The van der Waals surface area contributed by atoms with Crippen LogP contribution in [0.5, 0.6) is 5.75 Å². The Morgan fingerprint density at radius 3 is 2.31 bits per heavy atom. The van der Waals surface area contributed by atoms with Crippen molar-refractivity contribution in [2.45, 2.75) is 62.7 Å². The van der Waals surface area contributed by atoms with Crippen LogP contribution in [0.15, 0.2) is 67.8 Å². The van der Waals surface area contributed by atoms with Crippen LogP contribution >= 0.6 is 15.9 Å². The number of ether oxygens (including phenoxy) is 2. The molecule has 2 aromatic rings. The zero-order valence-electron chi connectivity index (χ0n) is 26.3. The summed E-state index contributed by atoms with van der Waals surface area (Å²) in [7, 11) is 0. The molecule has 3 unspecified atom stereocenters. The highest BCUT2D eigenvalue weighted by Gasteiger charge is 2.77. The van der Waals surface area contributed by atoms with Crippen LogP contribution < -0.4 is 14.5 Å². The molecule has 0 saturated carbocycles. The lowest BCUT2D eigenvalue weighted by Crippen LogP contribution is -2.59. The maximum absolute atomic E-state index is 14.9. The van der Waals surface area contributed by atoms with E-state index in [1.165, 1.54) is 4.90 Å². The Bertz CT molecular complexity index is 1460. The van der Waals surface area contributed by atoms with Crippen molar-refractivity contribution in [3.8, 4) is 5.75 Å². The first-order valence-electron chi connectivity index (χ1n) is 15.4. The second kappa shape index (κ2) is 13.1. The fourth-order valence-corrected chi connectivity index (χ4v) is 8.45. The molecule has 9 nitrogen and oxygen atoms in total. The number of halogens is 1. The van der Waals surface area contributed by atoms with Crippen molar-refractivity contribution in [2.24, 2.45) is 11.8 Å². The molecular formula is C35H42BrN3O6. The topological polar surface area (TPSA) is 99.6 Å². The van der Waals surface area contributed by atoms with Crippen LogP contribution in [0.4, 0.5) is 11.4 Å². The minimum atomic E-state index is -1.27. The largest absolute Gasteiger partial charge is 0.494 e. The third-order valence-corrected chi connectivity index (χ3v) is 10.2. The number of hydrogen-bond donors (Lipinski definition) is 1. The number of alkyl halides is 1. The van der Waals surface area contributed by atoms with E-state index in [-0.39, 0.29) is 42.2 Å². The maximum Gasteiger partial charge on any atom is 0.253 e. The Morgan fingerprint density at radius 2 is 1.73 bits per heavy atom. The molecule has 3 aliphatic heterocycles. The number of aliphatic hydroxyl groups excluding tert-OH is 1. The fourth-order valence-electron chi connectivity index (χ4n) is 7.51. The van der Waals surface area contributed by atoms with E-state index in [0.717, 1.165) is 16.8 Å². The molecule has 240 valence electrons. The molecule has 3 amide bonds. The van der Waals surface area contributed by atoms with Crippen molar-refractivity contribution < 1.29 is 29.0 Å². The second-order valence-corrected chi connectivity index (χ2v) is 13.3. The van der Waals surface area contributed by atoms with Gasteiger partial charge in [-0.3, -0.25) is 14.4 Å². The molecule has 7 atom stereocenters. The van der Waals surface area contributed by atoms with Crippen molar-refractivity contribution in [3.05, 3.63) is 78.9 Å². The predicted octanol–water partition coefficient (Wildman–Crippen LogP) is 4.57. The van der Waals surface area contributed by atoms with Gasteiger partial charge >= 0.3 is 0 Å². The van der Waals surface area contributed by atoms with Crippen molar-refractivity contribution in [3.63, 3.8) is 0 Å². The number of para-hydroxylation sites is 1. The van der Waals surface area contributed by atoms with Gasteiger partial charge in [0.05, 0.1) is 37.2 Å². The summed E-state index contributed by atoms with van der Waals surface area (Å²) >= 11 is 3.76. The van der Waals surface area contributed by atoms with Crippen LogP contribution in [0.2, 0.25) is 0 Å². The van der Waals surface area contributed by atoms with Gasteiger partial charge in [0.2, 0.25) is 11.8 Å². The number of carbonyl (C=O) groups is 3. The van der Waals surface area contributed by atoms with Crippen molar-refractivity contribution in [1.29, 1.82) is 0 Å². The summed E-state index contributed by atoms with van der Waals surface area (Å²) in [5.41, 5.74) is 1.92. The predicted molar refractivity (Wildman–Crippen MR) is 178 cm³/mol. The standard InChI is InChI=1S/C35H42BrN3O6/c1-7-17-37(24-13-15-25(16-14-24)44-9-3)32(41)27-28-33(42)39(23(6)20-40)31(35(28)19-26(36)30(27)45-35)34(43)38(18-8-2)29-21(4)11-10-12-22(29)5/h7-8,10-16,23,26-28,30-31,40H,1-2,9,17-20H2,3-6H3/t23-,26?,27-,28+,30-,31?,35?/m1/s1. The Kier molecular flexibility index (Phi) is 9.58. The van der Waals surface area contributed by atoms with E-state index in [0.29, 0.717) is 24.5 Å². The molecule has 1 N–H and O–H groups in total. The summed E-state index contributed by atoms with van der Waals surface area (Å²) in [6, 6.07) is 11.3. The SMILES string of the molecule is C=CCN(C(=O)[C@H]1[C@@H]2OC3(CC2Br)C(C(=O)N(CC=C)c2c(C)cccc2C)N([C@H](C)CO)C(=O)[C@H]13)c1ccc(OCC)cc1. The molecule has 10 heteroatoms. The lowest BCUT2D eigenvalue weighted by atomic mass is 9.70. The Labute approximate surface area is 273 Å². The second-order valence-electron chi connectivity index (χ2n) is 12.1. The minimum absolute atomic E-state index is 0.214. The van der Waals surface area contributed by atoms with Crippen molar-refractivity contribution in [2.75, 3.05) is 36.1 Å². The average molecular weight is 681 g/mol. The third kappa shape index (κ3) is 5.40. The van der Waals surface area contributed by atoms with Crippen LogP contribution in [-0.2, 0) is 19.1 Å². The van der Waals surface area contributed by atoms with Crippen LogP contribution in [0.25, 0.3) is 0 Å². The third-order valence-electron chi connectivity index (χ3n) is 9.31. The van der Waals surface area contributed by atoms with E-state index < -0.39 is 35.6 Å². The van der Waals surface area contributed by atoms with Gasteiger partial charge in [-0.1, -0.05) is 46.3 Å². The molecule has 3 heterocycles. The van der Waals surface area contributed by atoms with Gasteiger partial charge < -0.3 is 29.3 Å². The summed E-state index contributed by atoms with van der Waals surface area (Å²) in [5.74, 6) is -2.06. The van der Waals surface area contributed by atoms with Crippen LogP contribution in [-0.4, -0.2) is 82.6 Å². The van der Waals surface area contributed by atoms with Crippen LogP contribution in [0.1, 0.15) is 31.4 Å². The molecule has 45 heavy (non-hydrogen) atoms. The molecular weight excluding hydrogens is 638 g/mol. The number of fused-ring (bicyclic) bond motifs is 1. The highest BCUT2D eigenvalue weighted by Crippen LogP contribution is 2.61. The smallest absolute Gasteiger partial charge is 0.253 e. The summed E-state index contributed by atoms with van der Waals surface area (Å²) in [5, 5.41) is 10.3. The van der Waals surface area contributed by atoms with Crippen LogP contribution in [0.3, 0.4) is 0 Å². The van der Waals surface area contributed by atoms with Crippen molar-refractivity contribution in [1.82, 2.24) is 4.90 Å². The fraction of sp³-hybridized carbons (Fsp3) is 0.457. The van der Waals surface area contributed by atoms with Gasteiger partial charge in [-0.05, 0) is 69.5 Å². The molecule has 0 radical (unpaired) electrons. The Hall–Kier alpha value is -3.47. The first kappa shape index (κ1) is 32.9. The highest BCUT2D eigenvalue weighted by molar-refractivity contribution is 9.09. The van der Waals surface area contributed by atoms with Gasteiger partial charge in [0, 0.05) is 29.3 Å². The monoisotopic (exact) mass is 679 g/mol. The molecule has 1 spiro atoms. The van der Waals surface area contributed by atoms with Gasteiger partial charge in [-0.2, -0.15) is 0 Å². The van der Waals surface area contributed by atoms with Gasteiger partial charge in [-0.25, -0.2) is 0 Å². The average Bonchev–Trinajstić information content (AvgIpc) is 3.62. The number of hydrogen-bond acceptors (Lipinski definition) is 6. The lowest BCUT2D eigenvalue weighted by molar-refractivity contribution is -0.143. The van der Waals surface area contributed by atoms with Gasteiger partial charge in [-0.15, -0.1) is 13.2 Å². The molecule has 5 rings (SSSR count). The van der Waals surface area contributed by atoms with Gasteiger partial charge in [0.1, 0.15) is 17.4 Å². The van der Waals surface area contributed by atoms with Gasteiger partial charge in [0.25, 0.3) is 5.91 Å². The van der Waals surface area contributed by atoms with E-state index >= 15 is 0 Å². The summed E-state index contributed by atoms with van der Waals surface area (Å²) < 4.78 is 12.3. The number of amides is 3. The number of aryl methyl sites for hydroxylation is 2. The zero-order chi connectivity index (χ0) is 32.6. The molecule has 3 fully saturated rings. The van der Waals surface area contributed by atoms with E-state index in [9.17, 15) is 19.5 Å². The zero-order valence-corrected chi connectivity index (χ0v) is 27.9. The number of likely N-dealkylation sites (tertiary alicyclic amines) is 1. The Morgan fingerprint density at radius 1 is 1.11 bits per heavy atom. The van der Waals surface area contributed by atoms with Gasteiger partial charge in [0.15, 0.2) is 0 Å². The molecule has 2 bridgehead atoms. The van der Waals surface area contributed by atoms with Crippen molar-refractivity contribution >= 4 is 45.0 Å². The number of nitrogens with zero attached hydrogens (tertiary/aromatic N) is 3. The molecule has 3 aliphatic rings. The summed E-state index contributed by atoms with van der Waals surface area (Å²) in [6.07, 6.45) is 3.04. The number of aliphatic hydroxyl groups is 1. The number of anilines is 2. The maximum atomic E-state index is 14.9. The minimum Gasteiger partial charge on any atom is -0.494 e. The summed E-state index contributed by atoms with van der Waals surface area (Å²) in [6.45, 7) is 15.9. The quantitative estimate of drug-likeness (QED) is 0.261. The number of rotatable bonds is 12. The number of carbonyl (C=O) groups excluding carboxylic acids is 3.